The number of hydrogen-bond acceptors (Lipinski definition) is 4. The Morgan fingerprint density at radius 3 is 3.14 bits per heavy atom. The summed E-state index contributed by atoms with van der Waals surface area (Å²) in [7, 11) is 0. The molecule has 0 saturated carbocycles. The lowest BCUT2D eigenvalue weighted by molar-refractivity contribution is 0.235. The molecular weight excluding hydrogens is 298 g/mol. The van der Waals surface area contributed by atoms with Gasteiger partial charge in [-0.05, 0) is 32.3 Å². The monoisotopic (exact) mass is 319 g/mol. The molecule has 2 heterocycles. The number of rotatable bonds is 4. The Bertz CT molecular complexity index is 663. The molecule has 22 heavy (non-hydrogen) atoms. The minimum absolute atomic E-state index is 0.0909. The second-order valence-corrected chi connectivity index (χ2v) is 6.99. The Morgan fingerprint density at radius 1 is 1.50 bits per heavy atom. The van der Waals surface area contributed by atoms with Crippen LogP contribution in [0.5, 0.6) is 0 Å². The first-order chi connectivity index (χ1) is 10.6. The fourth-order valence-electron chi connectivity index (χ4n) is 2.86. The molecule has 6 nitrogen and oxygen atoms in total. The maximum absolute atomic E-state index is 12.0. The smallest absolute Gasteiger partial charge is 0.315 e. The molecule has 1 atom stereocenters. The lowest BCUT2D eigenvalue weighted by Gasteiger charge is -2.22. The SMILES string of the molecule is Cc1nc(C)c(CCNC(=O)NC2CCc3cn[nH]c3C2)s1. The van der Waals surface area contributed by atoms with Crippen LogP contribution in [0.15, 0.2) is 6.20 Å². The number of aromatic amines is 1. The number of aryl methyl sites for hydroxylation is 3. The maximum atomic E-state index is 12.0. The fraction of sp³-hybridized carbons (Fsp3) is 0.533. The van der Waals surface area contributed by atoms with Crippen LogP contribution >= 0.6 is 11.3 Å². The van der Waals surface area contributed by atoms with Crippen molar-refractivity contribution in [2.45, 2.75) is 45.6 Å². The molecule has 2 amide bonds. The summed E-state index contributed by atoms with van der Waals surface area (Å²) >= 11 is 1.70. The molecule has 0 spiro atoms. The molecule has 1 aliphatic carbocycles. The van der Waals surface area contributed by atoms with Crippen LogP contribution in [0.2, 0.25) is 0 Å². The third-order valence-electron chi connectivity index (χ3n) is 3.99. The van der Waals surface area contributed by atoms with Crippen LogP contribution in [-0.2, 0) is 19.3 Å². The predicted octanol–water partition coefficient (Wildman–Crippen LogP) is 1.88. The molecule has 2 aromatic heterocycles. The van der Waals surface area contributed by atoms with Crippen LogP contribution in [-0.4, -0.2) is 33.8 Å². The molecule has 0 saturated heterocycles. The minimum Gasteiger partial charge on any atom is -0.338 e. The van der Waals surface area contributed by atoms with E-state index in [-0.39, 0.29) is 12.1 Å². The van der Waals surface area contributed by atoms with Gasteiger partial charge in [-0.1, -0.05) is 0 Å². The number of urea groups is 1. The van der Waals surface area contributed by atoms with E-state index in [2.05, 4.69) is 25.8 Å². The summed E-state index contributed by atoms with van der Waals surface area (Å²) in [5.41, 5.74) is 3.49. The first kappa shape index (κ1) is 15.0. The highest BCUT2D eigenvalue weighted by Gasteiger charge is 2.21. The fourth-order valence-corrected chi connectivity index (χ4v) is 3.80. The van der Waals surface area contributed by atoms with Crippen molar-refractivity contribution in [2.24, 2.45) is 0 Å². The number of fused-ring (bicyclic) bond motifs is 1. The van der Waals surface area contributed by atoms with Crippen molar-refractivity contribution in [3.8, 4) is 0 Å². The van der Waals surface area contributed by atoms with Crippen LogP contribution in [0.3, 0.4) is 0 Å². The molecule has 0 aromatic carbocycles. The molecule has 1 aliphatic rings. The molecular formula is C15H21N5OS. The lowest BCUT2D eigenvalue weighted by Crippen LogP contribution is -2.45. The highest BCUT2D eigenvalue weighted by molar-refractivity contribution is 7.11. The van der Waals surface area contributed by atoms with E-state index >= 15 is 0 Å². The number of aromatic nitrogens is 3. The van der Waals surface area contributed by atoms with Crippen molar-refractivity contribution < 1.29 is 4.79 Å². The number of hydrogen-bond donors (Lipinski definition) is 3. The largest absolute Gasteiger partial charge is 0.338 e. The van der Waals surface area contributed by atoms with Gasteiger partial charge in [0.2, 0.25) is 0 Å². The lowest BCUT2D eigenvalue weighted by atomic mass is 9.94. The normalized spacial score (nSPS) is 17.1. The van der Waals surface area contributed by atoms with Gasteiger partial charge >= 0.3 is 6.03 Å². The number of amides is 2. The molecule has 3 N–H and O–H groups in total. The number of H-pyrrole nitrogens is 1. The van der Waals surface area contributed by atoms with Crippen LogP contribution in [0.1, 0.15) is 33.3 Å². The highest BCUT2D eigenvalue weighted by atomic mass is 32.1. The standard InChI is InChI=1S/C15H21N5OS/c1-9-14(22-10(2)18-9)5-6-16-15(21)19-12-4-3-11-8-17-20-13(11)7-12/h8,12H,3-7H2,1-2H3,(H,17,20)(H2,16,19,21). The number of carbonyl (C=O) groups excluding carboxylic acids is 1. The van der Waals surface area contributed by atoms with Crippen molar-refractivity contribution in [3.63, 3.8) is 0 Å². The molecule has 3 rings (SSSR count). The number of carbonyl (C=O) groups is 1. The van der Waals surface area contributed by atoms with Gasteiger partial charge in [0.05, 0.1) is 16.9 Å². The zero-order valence-corrected chi connectivity index (χ0v) is 13.7. The van der Waals surface area contributed by atoms with E-state index in [1.807, 2.05) is 20.0 Å². The second-order valence-electron chi connectivity index (χ2n) is 5.71. The Kier molecular flexibility index (Phi) is 4.42. The van der Waals surface area contributed by atoms with Gasteiger partial charge in [0, 0.05) is 36.0 Å². The third-order valence-corrected chi connectivity index (χ3v) is 5.13. The van der Waals surface area contributed by atoms with Gasteiger partial charge in [-0.25, -0.2) is 9.78 Å². The first-order valence-electron chi connectivity index (χ1n) is 7.60. The zero-order valence-electron chi connectivity index (χ0n) is 12.9. The van der Waals surface area contributed by atoms with Crippen molar-refractivity contribution in [1.29, 1.82) is 0 Å². The van der Waals surface area contributed by atoms with Crippen LogP contribution in [0, 0.1) is 13.8 Å². The second kappa shape index (κ2) is 6.48. The quantitative estimate of drug-likeness (QED) is 0.804. The van der Waals surface area contributed by atoms with Crippen molar-refractivity contribution in [3.05, 3.63) is 33.0 Å². The molecule has 118 valence electrons. The summed E-state index contributed by atoms with van der Waals surface area (Å²) < 4.78 is 0. The predicted molar refractivity (Wildman–Crippen MR) is 86.2 cm³/mol. The molecule has 0 bridgehead atoms. The zero-order chi connectivity index (χ0) is 15.5. The van der Waals surface area contributed by atoms with Gasteiger partial charge in [-0.2, -0.15) is 5.10 Å². The Hall–Kier alpha value is -1.89. The molecule has 0 aliphatic heterocycles. The number of thiazole rings is 1. The van der Waals surface area contributed by atoms with E-state index in [0.717, 1.165) is 42.1 Å². The van der Waals surface area contributed by atoms with Crippen LogP contribution < -0.4 is 10.6 Å². The number of nitrogens with one attached hydrogen (secondary N) is 3. The summed E-state index contributed by atoms with van der Waals surface area (Å²) in [5, 5.41) is 14.1. The molecule has 1 unspecified atom stereocenters. The average Bonchev–Trinajstić information content (AvgIpc) is 3.05. The first-order valence-corrected chi connectivity index (χ1v) is 8.42. The van der Waals surface area contributed by atoms with E-state index in [9.17, 15) is 4.79 Å². The van der Waals surface area contributed by atoms with Crippen LogP contribution in [0.25, 0.3) is 0 Å². The van der Waals surface area contributed by atoms with E-state index in [0.29, 0.717) is 6.54 Å². The molecule has 2 aromatic rings. The maximum Gasteiger partial charge on any atom is 0.315 e. The van der Waals surface area contributed by atoms with Gasteiger partial charge in [-0.15, -0.1) is 11.3 Å². The average molecular weight is 319 g/mol. The van der Waals surface area contributed by atoms with Gasteiger partial charge in [0.1, 0.15) is 0 Å². The van der Waals surface area contributed by atoms with E-state index < -0.39 is 0 Å². The Balaban J connectivity index is 1.42. The van der Waals surface area contributed by atoms with E-state index in [1.54, 1.807) is 11.3 Å². The Labute approximate surface area is 133 Å². The summed E-state index contributed by atoms with van der Waals surface area (Å²) in [4.78, 5) is 17.6. The van der Waals surface area contributed by atoms with Crippen molar-refractivity contribution in [2.75, 3.05) is 6.54 Å². The third kappa shape index (κ3) is 3.47. The van der Waals surface area contributed by atoms with E-state index in [1.165, 1.54) is 10.4 Å². The van der Waals surface area contributed by atoms with E-state index in [4.69, 9.17) is 0 Å². The molecule has 7 heteroatoms. The minimum atomic E-state index is -0.0909. The summed E-state index contributed by atoms with van der Waals surface area (Å²) in [6.07, 6.45) is 5.48. The van der Waals surface area contributed by atoms with Gasteiger partial charge in [-0.3, -0.25) is 5.10 Å². The van der Waals surface area contributed by atoms with Crippen molar-refractivity contribution >= 4 is 17.4 Å². The Morgan fingerprint density at radius 2 is 2.36 bits per heavy atom. The summed E-state index contributed by atoms with van der Waals surface area (Å²) in [5.74, 6) is 0. The van der Waals surface area contributed by atoms with Gasteiger partial charge in [0.25, 0.3) is 0 Å². The summed E-state index contributed by atoms with van der Waals surface area (Å²) in [6, 6.07) is 0.0900. The molecule has 0 radical (unpaired) electrons. The topological polar surface area (TPSA) is 82.7 Å². The number of nitrogens with zero attached hydrogens (tertiary/aromatic N) is 2. The summed E-state index contributed by atoms with van der Waals surface area (Å²) in [6.45, 7) is 4.66. The highest BCUT2D eigenvalue weighted by Crippen LogP contribution is 2.19. The van der Waals surface area contributed by atoms with Gasteiger partial charge in [0.15, 0.2) is 0 Å². The van der Waals surface area contributed by atoms with Crippen molar-refractivity contribution in [1.82, 2.24) is 25.8 Å². The molecule has 0 fully saturated rings. The van der Waals surface area contributed by atoms with Gasteiger partial charge < -0.3 is 10.6 Å². The van der Waals surface area contributed by atoms with Crippen LogP contribution in [0.4, 0.5) is 4.79 Å².